The molecule has 12 heavy (non-hydrogen) atoms. The van der Waals surface area contributed by atoms with Crippen molar-refractivity contribution >= 4 is 23.4 Å². The lowest BCUT2D eigenvalue weighted by atomic mass is 10.3. The van der Waals surface area contributed by atoms with Gasteiger partial charge in [0, 0.05) is 10.6 Å². The maximum Gasteiger partial charge on any atom is 0.207 e. The Morgan fingerprint density at radius 2 is 2.17 bits per heavy atom. The van der Waals surface area contributed by atoms with Gasteiger partial charge >= 0.3 is 0 Å². The largest absolute Gasteiger partial charge is 0.466 e. The van der Waals surface area contributed by atoms with Gasteiger partial charge in [-0.2, -0.15) is 0 Å². The lowest BCUT2D eigenvalue weighted by Gasteiger charge is -2.31. The fourth-order valence-electron chi connectivity index (χ4n) is 1.15. The summed E-state index contributed by atoms with van der Waals surface area (Å²) in [6.07, 6.45) is 0. The predicted octanol–water partition coefficient (Wildman–Crippen LogP) is 1.92. The number of amides is 1. The fourth-order valence-corrected chi connectivity index (χ4v) is 2.09. The van der Waals surface area contributed by atoms with Crippen molar-refractivity contribution in [2.45, 2.75) is 4.90 Å². The Kier molecular flexibility index (Phi) is 1.81. The summed E-state index contributed by atoms with van der Waals surface area (Å²) in [6.45, 7) is 0. The number of benzene rings is 1. The van der Waals surface area contributed by atoms with E-state index in [1.165, 1.54) is 4.90 Å². The van der Waals surface area contributed by atoms with Crippen molar-refractivity contribution in [1.82, 2.24) is 0 Å². The van der Waals surface area contributed by atoms with Crippen LogP contribution in [-0.2, 0) is 4.79 Å². The van der Waals surface area contributed by atoms with E-state index < -0.39 is 0 Å². The standard InChI is InChI=1S/C9H8NOS/c1-10-7-4-2-3-5-8(7)12-6-9(10)11/h2-5H,1,6H2/q-1. The molecule has 1 aromatic carbocycles. The van der Waals surface area contributed by atoms with Crippen molar-refractivity contribution in [3.63, 3.8) is 0 Å². The quantitative estimate of drug-likeness (QED) is 0.566. The number of fused-ring (bicyclic) bond motifs is 1. The molecule has 0 bridgehead atoms. The van der Waals surface area contributed by atoms with Crippen LogP contribution in [0.1, 0.15) is 0 Å². The Balaban J connectivity index is 2.48. The van der Waals surface area contributed by atoms with Crippen LogP contribution in [0.5, 0.6) is 0 Å². The van der Waals surface area contributed by atoms with E-state index >= 15 is 0 Å². The summed E-state index contributed by atoms with van der Waals surface area (Å²) in [4.78, 5) is 13.8. The van der Waals surface area contributed by atoms with Crippen molar-refractivity contribution in [2.24, 2.45) is 0 Å². The third kappa shape index (κ3) is 1.10. The summed E-state index contributed by atoms with van der Waals surface area (Å²) in [5.74, 6) is 0.569. The second-order valence-electron chi connectivity index (χ2n) is 2.58. The normalized spacial score (nSPS) is 16.1. The second-order valence-corrected chi connectivity index (χ2v) is 3.60. The van der Waals surface area contributed by atoms with Gasteiger partial charge in [0.1, 0.15) is 0 Å². The minimum Gasteiger partial charge on any atom is -0.466 e. The molecule has 0 aliphatic carbocycles. The lowest BCUT2D eigenvalue weighted by molar-refractivity contribution is -0.115. The number of para-hydroxylation sites is 1. The zero-order valence-electron chi connectivity index (χ0n) is 6.49. The minimum absolute atomic E-state index is 0.0682. The highest BCUT2D eigenvalue weighted by Gasteiger charge is 2.15. The first-order valence-corrected chi connectivity index (χ1v) is 4.63. The summed E-state index contributed by atoms with van der Waals surface area (Å²) >= 11 is 1.57. The van der Waals surface area contributed by atoms with Crippen LogP contribution in [0.4, 0.5) is 5.69 Å². The summed E-state index contributed by atoms with van der Waals surface area (Å²) in [6, 6.07) is 7.79. The van der Waals surface area contributed by atoms with E-state index in [-0.39, 0.29) is 5.91 Å². The Hall–Kier alpha value is -0.960. The van der Waals surface area contributed by atoms with Gasteiger partial charge in [0.2, 0.25) is 5.91 Å². The van der Waals surface area contributed by atoms with Gasteiger partial charge in [-0.15, -0.1) is 11.8 Å². The van der Waals surface area contributed by atoms with Crippen LogP contribution in [0.15, 0.2) is 29.2 Å². The van der Waals surface area contributed by atoms with E-state index in [1.54, 1.807) is 11.8 Å². The third-order valence-electron chi connectivity index (χ3n) is 1.81. The van der Waals surface area contributed by atoms with E-state index in [0.29, 0.717) is 5.75 Å². The molecule has 1 aliphatic heterocycles. The smallest absolute Gasteiger partial charge is 0.207 e. The van der Waals surface area contributed by atoms with E-state index in [1.807, 2.05) is 24.3 Å². The topological polar surface area (TPSA) is 20.3 Å². The lowest BCUT2D eigenvalue weighted by Crippen LogP contribution is -2.29. The molecule has 0 aromatic heterocycles. The molecule has 3 heteroatoms. The zero-order chi connectivity index (χ0) is 8.55. The number of hydrogen-bond acceptors (Lipinski definition) is 2. The fraction of sp³-hybridized carbons (Fsp3) is 0.111. The molecule has 0 radical (unpaired) electrons. The maximum atomic E-state index is 11.2. The Bertz CT molecular complexity index is 324. The van der Waals surface area contributed by atoms with Gasteiger partial charge < -0.3 is 4.90 Å². The Morgan fingerprint density at radius 1 is 1.42 bits per heavy atom. The van der Waals surface area contributed by atoms with Crippen molar-refractivity contribution in [2.75, 3.05) is 10.7 Å². The highest BCUT2D eigenvalue weighted by Crippen LogP contribution is 2.33. The Morgan fingerprint density at radius 3 is 3.00 bits per heavy atom. The van der Waals surface area contributed by atoms with Crippen LogP contribution in [0.2, 0.25) is 0 Å². The van der Waals surface area contributed by atoms with Gasteiger partial charge in [-0.1, -0.05) is 12.1 Å². The molecule has 0 N–H and O–H groups in total. The highest BCUT2D eigenvalue weighted by molar-refractivity contribution is 8.00. The monoisotopic (exact) mass is 178 g/mol. The van der Waals surface area contributed by atoms with Gasteiger partial charge in [0.15, 0.2) is 0 Å². The third-order valence-corrected chi connectivity index (χ3v) is 2.86. The van der Waals surface area contributed by atoms with Gasteiger partial charge in [0.05, 0.1) is 5.75 Å². The van der Waals surface area contributed by atoms with Crippen LogP contribution < -0.4 is 4.90 Å². The van der Waals surface area contributed by atoms with E-state index in [2.05, 4.69) is 7.05 Å². The van der Waals surface area contributed by atoms with Crippen LogP contribution >= 0.6 is 11.8 Å². The van der Waals surface area contributed by atoms with Gasteiger partial charge in [0.25, 0.3) is 0 Å². The molecule has 0 unspecified atom stereocenters. The molecule has 1 amide bonds. The number of anilines is 1. The van der Waals surface area contributed by atoms with E-state index in [9.17, 15) is 4.79 Å². The highest BCUT2D eigenvalue weighted by atomic mass is 32.2. The summed E-state index contributed by atoms with van der Waals surface area (Å²) < 4.78 is 0. The Labute approximate surface area is 75.6 Å². The molecule has 0 saturated heterocycles. The van der Waals surface area contributed by atoms with Crippen molar-refractivity contribution in [3.05, 3.63) is 31.3 Å². The SMILES string of the molecule is [CH2-]N1C(=O)CSc2ccccc21. The first kappa shape index (κ1) is 7.68. The molecule has 1 aromatic rings. The van der Waals surface area contributed by atoms with Crippen molar-refractivity contribution < 1.29 is 4.79 Å². The van der Waals surface area contributed by atoms with Crippen LogP contribution in [-0.4, -0.2) is 11.7 Å². The molecular weight excluding hydrogens is 170 g/mol. The van der Waals surface area contributed by atoms with Crippen molar-refractivity contribution in [1.29, 1.82) is 0 Å². The zero-order valence-corrected chi connectivity index (χ0v) is 7.30. The molecular formula is C9H8NOS-. The number of carbonyl (C=O) groups is 1. The first-order valence-electron chi connectivity index (χ1n) is 3.64. The molecule has 0 saturated carbocycles. The van der Waals surface area contributed by atoms with Gasteiger partial charge in [-0.05, 0) is 12.1 Å². The summed E-state index contributed by atoms with van der Waals surface area (Å²) in [5.41, 5.74) is 0.916. The molecule has 62 valence electrons. The molecule has 1 aliphatic rings. The summed E-state index contributed by atoms with van der Waals surface area (Å²) in [5, 5.41) is 0. The molecule has 0 atom stereocenters. The van der Waals surface area contributed by atoms with Crippen LogP contribution in [0.25, 0.3) is 0 Å². The van der Waals surface area contributed by atoms with Crippen molar-refractivity contribution in [3.8, 4) is 0 Å². The molecule has 1 heterocycles. The predicted molar refractivity (Wildman–Crippen MR) is 50.0 cm³/mol. The number of hydrogen-bond donors (Lipinski definition) is 0. The molecule has 0 spiro atoms. The van der Waals surface area contributed by atoms with Crippen LogP contribution in [0, 0.1) is 7.05 Å². The molecule has 0 fully saturated rings. The number of nitrogens with zero attached hydrogens (tertiary/aromatic N) is 1. The van der Waals surface area contributed by atoms with Gasteiger partial charge in [-0.25, -0.2) is 7.05 Å². The summed E-state index contributed by atoms with van der Waals surface area (Å²) in [7, 11) is 3.69. The number of rotatable bonds is 0. The van der Waals surface area contributed by atoms with Crippen LogP contribution in [0.3, 0.4) is 0 Å². The number of carbonyl (C=O) groups excluding carboxylic acids is 1. The molecule has 2 nitrogen and oxygen atoms in total. The average Bonchev–Trinajstić information content (AvgIpc) is 2.12. The second kappa shape index (κ2) is 2.83. The van der Waals surface area contributed by atoms with Gasteiger partial charge in [-0.3, -0.25) is 4.79 Å². The first-order chi connectivity index (χ1) is 5.79. The number of thioether (sulfide) groups is 1. The maximum absolute atomic E-state index is 11.2. The average molecular weight is 178 g/mol. The van der Waals surface area contributed by atoms with E-state index in [4.69, 9.17) is 0 Å². The minimum atomic E-state index is 0.0682. The van der Waals surface area contributed by atoms with E-state index in [0.717, 1.165) is 10.6 Å². The molecule has 2 rings (SSSR count).